The molecule has 0 spiro atoms. The van der Waals surface area contributed by atoms with Crippen LogP contribution in [0.4, 0.5) is 5.69 Å². The number of amides is 4. The maximum Gasteiger partial charge on any atom is 0.330 e. The van der Waals surface area contributed by atoms with Gasteiger partial charge in [0.2, 0.25) is 5.91 Å². The maximum absolute atomic E-state index is 12.9. The minimum absolute atomic E-state index is 0.220. The average Bonchev–Trinajstić information content (AvgIpc) is 3.11. The van der Waals surface area contributed by atoms with Gasteiger partial charge in [-0.3, -0.25) is 24.1 Å². The third-order valence-electron chi connectivity index (χ3n) is 5.95. The third kappa shape index (κ3) is 5.70. The first-order valence-electron chi connectivity index (χ1n) is 11.5. The number of ether oxygens (including phenoxy) is 2. The molecule has 0 fully saturated rings. The number of anilines is 1. The zero-order chi connectivity index (χ0) is 26.4. The molecule has 1 aliphatic rings. The van der Waals surface area contributed by atoms with Crippen molar-refractivity contribution < 1.29 is 33.4 Å². The molecular weight excluding hydrogens is 466 g/mol. The minimum Gasteiger partial charge on any atom is -0.495 e. The quantitative estimate of drug-likeness (QED) is 0.382. The summed E-state index contributed by atoms with van der Waals surface area (Å²) in [6.45, 7) is 4.37. The van der Waals surface area contributed by atoms with Crippen LogP contribution in [-0.4, -0.2) is 60.8 Å². The van der Waals surface area contributed by atoms with Crippen LogP contribution in [0.2, 0.25) is 0 Å². The molecule has 4 amide bonds. The Labute approximate surface area is 208 Å². The van der Waals surface area contributed by atoms with Crippen LogP contribution in [0.1, 0.15) is 46.5 Å². The summed E-state index contributed by atoms with van der Waals surface area (Å²) in [5, 5.41) is 5.03. The first-order valence-corrected chi connectivity index (χ1v) is 11.5. The van der Waals surface area contributed by atoms with Crippen molar-refractivity contribution in [2.75, 3.05) is 25.6 Å². The molecule has 0 radical (unpaired) electrons. The Bertz CT molecular complexity index is 1160. The van der Waals surface area contributed by atoms with Gasteiger partial charge in [0.15, 0.2) is 6.61 Å². The second-order valence-electron chi connectivity index (χ2n) is 8.49. The van der Waals surface area contributed by atoms with Crippen molar-refractivity contribution in [2.45, 2.75) is 33.2 Å². The number of hydrogen-bond acceptors (Lipinski definition) is 7. The van der Waals surface area contributed by atoms with Gasteiger partial charge in [-0.05, 0) is 42.7 Å². The van der Waals surface area contributed by atoms with E-state index >= 15 is 0 Å². The van der Waals surface area contributed by atoms with Crippen LogP contribution in [0, 0.1) is 12.8 Å². The number of imide groups is 1. The monoisotopic (exact) mass is 495 g/mol. The van der Waals surface area contributed by atoms with Gasteiger partial charge >= 0.3 is 5.97 Å². The molecule has 36 heavy (non-hydrogen) atoms. The molecule has 2 atom stereocenters. The van der Waals surface area contributed by atoms with Gasteiger partial charge < -0.3 is 20.1 Å². The summed E-state index contributed by atoms with van der Waals surface area (Å²) in [6, 6.07) is 10.4. The molecule has 2 aromatic rings. The van der Waals surface area contributed by atoms with E-state index in [-0.39, 0.29) is 17.7 Å². The number of carbonyl (C=O) groups is 5. The van der Waals surface area contributed by atoms with Crippen LogP contribution in [0.5, 0.6) is 5.75 Å². The van der Waals surface area contributed by atoms with Crippen molar-refractivity contribution in [3.8, 4) is 5.75 Å². The van der Waals surface area contributed by atoms with Crippen molar-refractivity contribution in [1.82, 2.24) is 10.2 Å². The molecule has 1 aliphatic heterocycles. The molecule has 0 saturated carbocycles. The molecular formula is C26H29N3O7. The second kappa shape index (κ2) is 11.5. The minimum atomic E-state index is -1.19. The van der Waals surface area contributed by atoms with Crippen LogP contribution in [-0.2, 0) is 19.1 Å². The molecule has 2 aromatic carbocycles. The van der Waals surface area contributed by atoms with E-state index in [1.165, 1.54) is 19.2 Å². The topological polar surface area (TPSA) is 131 Å². The lowest BCUT2D eigenvalue weighted by Gasteiger charge is -2.28. The number of carbonyl (C=O) groups excluding carboxylic acids is 5. The van der Waals surface area contributed by atoms with E-state index in [2.05, 4.69) is 10.6 Å². The number of fused-ring (bicyclic) bond motifs is 1. The predicted octanol–water partition coefficient (Wildman–Crippen LogP) is 2.31. The highest BCUT2D eigenvalue weighted by molar-refractivity contribution is 6.22. The Morgan fingerprint density at radius 2 is 1.64 bits per heavy atom. The highest BCUT2D eigenvalue weighted by Gasteiger charge is 2.45. The molecule has 10 heteroatoms. The Morgan fingerprint density at radius 3 is 2.22 bits per heavy atom. The van der Waals surface area contributed by atoms with E-state index in [9.17, 15) is 24.0 Å². The third-order valence-corrected chi connectivity index (χ3v) is 5.95. The van der Waals surface area contributed by atoms with Crippen LogP contribution in [0.15, 0.2) is 42.5 Å². The van der Waals surface area contributed by atoms with Gasteiger partial charge in [0.1, 0.15) is 11.8 Å². The number of hydrogen-bond donors (Lipinski definition) is 2. The van der Waals surface area contributed by atoms with Crippen molar-refractivity contribution in [1.29, 1.82) is 0 Å². The van der Waals surface area contributed by atoms with E-state index in [1.807, 2.05) is 19.9 Å². The number of methoxy groups -OCH3 is 1. The van der Waals surface area contributed by atoms with Gasteiger partial charge in [-0.2, -0.15) is 0 Å². The summed E-state index contributed by atoms with van der Waals surface area (Å²) in [5.41, 5.74) is 1.81. The summed E-state index contributed by atoms with van der Waals surface area (Å²) in [6.07, 6.45) is 0.488. The largest absolute Gasteiger partial charge is 0.495 e. The number of nitrogens with one attached hydrogen (secondary N) is 2. The fourth-order valence-corrected chi connectivity index (χ4v) is 3.84. The summed E-state index contributed by atoms with van der Waals surface area (Å²) in [4.78, 5) is 64.0. The molecule has 10 nitrogen and oxygen atoms in total. The van der Waals surface area contributed by atoms with E-state index in [0.29, 0.717) is 17.9 Å². The molecule has 0 aliphatic carbocycles. The second-order valence-corrected chi connectivity index (χ2v) is 8.49. The van der Waals surface area contributed by atoms with Gasteiger partial charge in [-0.25, -0.2) is 4.79 Å². The maximum atomic E-state index is 12.9. The summed E-state index contributed by atoms with van der Waals surface area (Å²) in [5.74, 6) is -3.17. The van der Waals surface area contributed by atoms with E-state index in [0.717, 1.165) is 10.5 Å². The zero-order valence-electron chi connectivity index (χ0n) is 20.6. The highest BCUT2D eigenvalue weighted by Crippen LogP contribution is 2.29. The summed E-state index contributed by atoms with van der Waals surface area (Å²) >= 11 is 0. The highest BCUT2D eigenvalue weighted by atomic mass is 16.5. The number of nitrogens with zero attached hydrogens (tertiary/aromatic N) is 1. The summed E-state index contributed by atoms with van der Waals surface area (Å²) < 4.78 is 10.4. The van der Waals surface area contributed by atoms with Crippen LogP contribution >= 0.6 is 0 Å². The lowest BCUT2D eigenvalue weighted by molar-refractivity contribution is -0.153. The Morgan fingerprint density at radius 1 is 1.00 bits per heavy atom. The molecule has 0 aromatic heterocycles. The molecule has 3 rings (SSSR count). The van der Waals surface area contributed by atoms with Gasteiger partial charge in [0, 0.05) is 0 Å². The van der Waals surface area contributed by atoms with E-state index < -0.39 is 48.2 Å². The van der Waals surface area contributed by atoms with Gasteiger partial charge in [-0.1, -0.05) is 38.5 Å². The molecule has 2 unspecified atom stereocenters. The van der Waals surface area contributed by atoms with E-state index in [4.69, 9.17) is 9.47 Å². The average molecular weight is 496 g/mol. The standard InChI is InChI=1S/C26H29N3O7/c1-5-16(3)23(29-24(32)17-8-6-7-9-18(17)25(29)33)26(34)36-14-22(31)27-13-21(30)28-19-12-15(2)10-11-20(19)35-4/h6-12,16,23H,5,13-14H2,1-4H3,(H,27,31)(H,28,30). The molecule has 190 valence electrons. The Hall–Kier alpha value is -4.21. The van der Waals surface area contributed by atoms with E-state index in [1.54, 1.807) is 31.2 Å². The molecule has 1 heterocycles. The van der Waals surface area contributed by atoms with Crippen LogP contribution < -0.4 is 15.4 Å². The Kier molecular flexibility index (Phi) is 8.42. The molecule has 0 saturated heterocycles. The SMILES string of the molecule is CCC(C)C(C(=O)OCC(=O)NCC(=O)Nc1cc(C)ccc1OC)N1C(=O)c2ccccc2C1=O. The summed E-state index contributed by atoms with van der Waals surface area (Å²) in [7, 11) is 1.48. The smallest absolute Gasteiger partial charge is 0.330 e. The number of aryl methyl sites for hydroxylation is 1. The first-order chi connectivity index (χ1) is 17.2. The number of rotatable bonds is 10. The van der Waals surface area contributed by atoms with Crippen molar-refractivity contribution in [2.24, 2.45) is 5.92 Å². The zero-order valence-corrected chi connectivity index (χ0v) is 20.6. The predicted molar refractivity (Wildman–Crippen MR) is 131 cm³/mol. The Balaban J connectivity index is 1.58. The van der Waals surface area contributed by atoms with Gasteiger partial charge in [0.05, 0.1) is 30.5 Å². The van der Waals surface area contributed by atoms with Crippen molar-refractivity contribution in [3.63, 3.8) is 0 Å². The lowest BCUT2D eigenvalue weighted by Crippen LogP contribution is -2.49. The van der Waals surface area contributed by atoms with Crippen LogP contribution in [0.3, 0.4) is 0 Å². The fourth-order valence-electron chi connectivity index (χ4n) is 3.84. The number of esters is 1. The first kappa shape index (κ1) is 26.4. The fraction of sp³-hybridized carbons (Fsp3) is 0.346. The normalized spacial score (nSPS) is 14.1. The van der Waals surface area contributed by atoms with Crippen molar-refractivity contribution in [3.05, 3.63) is 59.2 Å². The van der Waals surface area contributed by atoms with Crippen LogP contribution in [0.25, 0.3) is 0 Å². The molecule has 0 bridgehead atoms. The lowest BCUT2D eigenvalue weighted by atomic mass is 9.97. The molecule has 2 N–H and O–H groups in total. The van der Waals surface area contributed by atoms with Gasteiger partial charge in [0.25, 0.3) is 17.7 Å². The van der Waals surface area contributed by atoms with Gasteiger partial charge in [-0.15, -0.1) is 0 Å². The number of benzene rings is 2. The van der Waals surface area contributed by atoms with Crippen molar-refractivity contribution >= 4 is 35.3 Å².